The topological polar surface area (TPSA) is 70.2 Å². The number of benzene rings is 1. The molecule has 0 radical (unpaired) electrons. The Hall–Kier alpha value is -1.88. The molecule has 0 bridgehead atoms. The average Bonchev–Trinajstić information content (AvgIpc) is 2.88. The van der Waals surface area contributed by atoms with E-state index in [1.807, 2.05) is 25.1 Å². The third kappa shape index (κ3) is 3.82. The number of anilines is 2. The fraction of sp³-hybridized carbons (Fsp3) is 0.500. The van der Waals surface area contributed by atoms with Crippen LogP contribution >= 0.6 is 0 Å². The van der Waals surface area contributed by atoms with Crippen LogP contribution in [0.4, 0.5) is 11.4 Å². The Morgan fingerprint density at radius 3 is 2.67 bits per heavy atom. The Labute approximate surface area is 125 Å². The van der Waals surface area contributed by atoms with Gasteiger partial charge >= 0.3 is 0 Å². The molecule has 3 N–H and O–H groups in total. The van der Waals surface area contributed by atoms with Gasteiger partial charge in [-0.3, -0.25) is 9.59 Å². The van der Waals surface area contributed by atoms with Gasteiger partial charge in [-0.1, -0.05) is 19.9 Å². The lowest BCUT2D eigenvalue weighted by atomic mass is 9.97. The average molecular weight is 289 g/mol. The molecule has 2 atom stereocenters. The molecule has 1 aliphatic rings. The van der Waals surface area contributed by atoms with Crippen molar-refractivity contribution in [2.24, 2.45) is 11.8 Å². The first kappa shape index (κ1) is 15.5. The molecule has 0 saturated carbocycles. The lowest BCUT2D eigenvalue weighted by molar-refractivity contribution is -0.120. The summed E-state index contributed by atoms with van der Waals surface area (Å²) in [5.74, 6) is 0.339. The van der Waals surface area contributed by atoms with Gasteiger partial charge in [-0.2, -0.15) is 0 Å². The summed E-state index contributed by atoms with van der Waals surface area (Å²) >= 11 is 0. The molecule has 0 aromatic heterocycles. The Balaban J connectivity index is 2.09. The van der Waals surface area contributed by atoms with E-state index in [0.717, 1.165) is 24.3 Å². The molecule has 114 valence electrons. The van der Waals surface area contributed by atoms with Crippen LogP contribution in [0.5, 0.6) is 0 Å². The molecule has 0 unspecified atom stereocenters. The second-order valence-electron chi connectivity index (χ2n) is 5.66. The van der Waals surface area contributed by atoms with E-state index >= 15 is 0 Å². The first-order chi connectivity index (χ1) is 10.0. The Bertz CT molecular complexity index is 542. The highest BCUT2D eigenvalue weighted by molar-refractivity contribution is 5.96. The van der Waals surface area contributed by atoms with Gasteiger partial charge in [0.25, 0.3) is 0 Å². The summed E-state index contributed by atoms with van der Waals surface area (Å²) in [6.07, 6.45) is 0.431. The van der Waals surface area contributed by atoms with Gasteiger partial charge in [-0.25, -0.2) is 0 Å². The molecule has 1 heterocycles. The van der Waals surface area contributed by atoms with Crippen LogP contribution in [0, 0.1) is 18.8 Å². The largest absolute Gasteiger partial charge is 0.326 e. The standard InChI is InChI=1S/C16H23N3O2/c1-4-15(20)18-12-6-5-10(2)14(7-12)19-16(21)13-9-17-8-11(13)3/h5-7,11,13,17H,4,8-9H2,1-3H3,(H,18,20)(H,19,21)/t11-,13-/m1/s1. The highest BCUT2D eigenvalue weighted by Crippen LogP contribution is 2.23. The van der Waals surface area contributed by atoms with Crippen molar-refractivity contribution in [2.45, 2.75) is 27.2 Å². The van der Waals surface area contributed by atoms with Gasteiger partial charge < -0.3 is 16.0 Å². The predicted octanol–water partition coefficient (Wildman–Crippen LogP) is 2.14. The van der Waals surface area contributed by atoms with E-state index in [9.17, 15) is 9.59 Å². The van der Waals surface area contributed by atoms with Crippen molar-refractivity contribution in [1.29, 1.82) is 0 Å². The summed E-state index contributed by atoms with van der Waals surface area (Å²) in [6.45, 7) is 7.43. The van der Waals surface area contributed by atoms with Crippen molar-refractivity contribution in [1.82, 2.24) is 5.32 Å². The number of rotatable bonds is 4. The first-order valence-electron chi connectivity index (χ1n) is 7.43. The second kappa shape index (κ2) is 6.72. The van der Waals surface area contributed by atoms with Gasteiger partial charge in [0.05, 0.1) is 5.92 Å². The summed E-state index contributed by atoms with van der Waals surface area (Å²) in [5, 5.41) is 9.02. The van der Waals surface area contributed by atoms with Crippen molar-refractivity contribution in [2.75, 3.05) is 23.7 Å². The first-order valence-corrected chi connectivity index (χ1v) is 7.43. The van der Waals surface area contributed by atoms with E-state index in [1.165, 1.54) is 0 Å². The molecule has 1 aromatic rings. The maximum Gasteiger partial charge on any atom is 0.229 e. The maximum atomic E-state index is 12.3. The van der Waals surface area contributed by atoms with Crippen LogP contribution in [0.15, 0.2) is 18.2 Å². The molecule has 1 aliphatic heterocycles. The molecule has 1 aromatic carbocycles. The van der Waals surface area contributed by atoms with E-state index in [2.05, 4.69) is 22.9 Å². The fourth-order valence-electron chi connectivity index (χ4n) is 2.47. The molecule has 21 heavy (non-hydrogen) atoms. The van der Waals surface area contributed by atoms with Crippen molar-refractivity contribution < 1.29 is 9.59 Å². The Kier molecular flexibility index (Phi) is 4.96. The summed E-state index contributed by atoms with van der Waals surface area (Å²) in [5.41, 5.74) is 2.45. The third-order valence-electron chi connectivity index (χ3n) is 3.95. The zero-order chi connectivity index (χ0) is 15.4. The molecule has 5 nitrogen and oxygen atoms in total. The van der Waals surface area contributed by atoms with Crippen LogP contribution in [0.25, 0.3) is 0 Å². The van der Waals surface area contributed by atoms with Gasteiger partial charge in [0.1, 0.15) is 0 Å². The van der Waals surface area contributed by atoms with Crippen LogP contribution in [-0.4, -0.2) is 24.9 Å². The SMILES string of the molecule is CCC(=O)Nc1ccc(C)c(NC(=O)[C@@H]2CNC[C@H]2C)c1. The number of hydrogen-bond donors (Lipinski definition) is 3. The van der Waals surface area contributed by atoms with Gasteiger partial charge in [-0.05, 0) is 37.1 Å². The van der Waals surface area contributed by atoms with Crippen LogP contribution in [0.2, 0.25) is 0 Å². The number of carbonyl (C=O) groups is 2. The molecule has 1 saturated heterocycles. The summed E-state index contributed by atoms with van der Waals surface area (Å²) in [4.78, 5) is 23.8. The minimum atomic E-state index is -0.0373. The molecular formula is C16H23N3O2. The van der Waals surface area contributed by atoms with Crippen molar-refractivity contribution in [3.63, 3.8) is 0 Å². The van der Waals surface area contributed by atoms with Gasteiger partial charge in [-0.15, -0.1) is 0 Å². The zero-order valence-electron chi connectivity index (χ0n) is 12.8. The van der Waals surface area contributed by atoms with E-state index in [1.54, 1.807) is 6.92 Å². The zero-order valence-corrected chi connectivity index (χ0v) is 12.8. The van der Waals surface area contributed by atoms with Crippen LogP contribution in [0.1, 0.15) is 25.8 Å². The number of hydrogen-bond acceptors (Lipinski definition) is 3. The summed E-state index contributed by atoms with van der Waals surface area (Å²) < 4.78 is 0. The fourth-order valence-corrected chi connectivity index (χ4v) is 2.47. The van der Waals surface area contributed by atoms with E-state index in [0.29, 0.717) is 18.0 Å². The molecular weight excluding hydrogens is 266 g/mol. The number of nitrogens with one attached hydrogen (secondary N) is 3. The van der Waals surface area contributed by atoms with Crippen molar-refractivity contribution in [3.05, 3.63) is 23.8 Å². The van der Waals surface area contributed by atoms with E-state index < -0.39 is 0 Å². The summed E-state index contributed by atoms with van der Waals surface area (Å²) in [6, 6.07) is 5.56. The summed E-state index contributed by atoms with van der Waals surface area (Å²) in [7, 11) is 0. The lowest BCUT2D eigenvalue weighted by Crippen LogP contribution is -2.28. The highest BCUT2D eigenvalue weighted by atomic mass is 16.2. The van der Waals surface area contributed by atoms with E-state index in [-0.39, 0.29) is 17.7 Å². The number of carbonyl (C=O) groups excluding carboxylic acids is 2. The molecule has 2 rings (SSSR count). The van der Waals surface area contributed by atoms with Crippen molar-refractivity contribution in [3.8, 4) is 0 Å². The second-order valence-corrected chi connectivity index (χ2v) is 5.66. The maximum absolute atomic E-state index is 12.3. The molecule has 1 fully saturated rings. The molecule has 0 spiro atoms. The smallest absolute Gasteiger partial charge is 0.229 e. The minimum absolute atomic E-state index is 0.00158. The lowest BCUT2D eigenvalue weighted by Gasteiger charge is -2.16. The minimum Gasteiger partial charge on any atom is -0.326 e. The normalized spacial score (nSPS) is 21.1. The highest BCUT2D eigenvalue weighted by Gasteiger charge is 2.29. The number of aryl methyl sites for hydroxylation is 1. The van der Waals surface area contributed by atoms with Gasteiger partial charge in [0.15, 0.2) is 0 Å². The molecule has 5 heteroatoms. The van der Waals surface area contributed by atoms with Gasteiger partial charge in [0, 0.05) is 24.3 Å². The van der Waals surface area contributed by atoms with E-state index in [4.69, 9.17) is 0 Å². The quantitative estimate of drug-likeness (QED) is 0.795. The third-order valence-corrected chi connectivity index (χ3v) is 3.95. The monoisotopic (exact) mass is 289 g/mol. The van der Waals surface area contributed by atoms with Crippen LogP contribution in [0.3, 0.4) is 0 Å². The van der Waals surface area contributed by atoms with Crippen LogP contribution < -0.4 is 16.0 Å². The Morgan fingerprint density at radius 2 is 2.05 bits per heavy atom. The molecule has 2 amide bonds. The van der Waals surface area contributed by atoms with Crippen LogP contribution in [-0.2, 0) is 9.59 Å². The molecule has 0 aliphatic carbocycles. The predicted molar refractivity (Wildman–Crippen MR) is 84.3 cm³/mol. The number of amides is 2. The Morgan fingerprint density at radius 1 is 1.29 bits per heavy atom. The van der Waals surface area contributed by atoms with Gasteiger partial charge in [0.2, 0.25) is 11.8 Å². The van der Waals surface area contributed by atoms with Crippen molar-refractivity contribution >= 4 is 23.2 Å².